The molecule has 0 unspecified atom stereocenters. The molecule has 17 heavy (non-hydrogen) atoms. The van der Waals surface area contributed by atoms with Gasteiger partial charge in [-0.2, -0.15) is 11.3 Å². The summed E-state index contributed by atoms with van der Waals surface area (Å²) in [4.78, 5) is 11.8. The molecular weight excluding hydrogens is 298 g/mol. The summed E-state index contributed by atoms with van der Waals surface area (Å²) in [5.74, 6) is -0.0206. The van der Waals surface area contributed by atoms with Crippen LogP contribution in [0.15, 0.2) is 45.6 Å². The molecule has 2 rings (SSSR count). The Kier molecular flexibility index (Phi) is 4.34. The standard InChI is InChI=1S/C13H12BrNOS/c14-12-3-1-11(2-4-12)13(16)15-7-5-10-6-8-17-9-10/h1-4,6,8-9H,5,7H2,(H,15,16). The van der Waals surface area contributed by atoms with Crippen LogP contribution in [0.25, 0.3) is 0 Å². The van der Waals surface area contributed by atoms with E-state index in [2.05, 4.69) is 32.7 Å². The monoisotopic (exact) mass is 309 g/mol. The Morgan fingerprint density at radius 1 is 1.24 bits per heavy atom. The number of hydrogen-bond donors (Lipinski definition) is 1. The van der Waals surface area contributed by atoms with Crippen LogP contribution >= 0.6 is 27.3 Å². The second-order valence-corrected chi connectivity index (χ2v) is 5.34. The number of thiophene rings is 1. The summed E-state index contributed by atoms with van der Waals surface area (Å²) >= 11 is 5.02. The molecular formula is C13H12BrNOS. The number of rotatable bonds is 4. The summed E-state index contributed by atoms with van der Waals surface area (Å²) in [6.07, 6.45) is 0.881. The summed E-state index contributed by atoms with van der Waals surface area (Å²) < 4.78 is 0.979. The van der Waals surface area contributed by atoms with Crippen molar-refractivity contribution in [2.24, 2.45) is 0 Å². The van der Waals surface area contributed by atoms with Crippen LogP contribution in [-0.4, -0.2) is 12.5 Å². The van der Waals surface area contributed by atoms with E-state index in [-0.39, 0.29) is 5.91 Å². The normalized spacial score (nSPS) is 10.2. The van der Waals surface area contributed by atoms with Crippen LogP contribution in [0.2, 0.25) is 0 Å². The van der Waals surface area contributed by atoms with E-state index in [0.717, 1.165) is 10.9 Å². The topological polar surface area (TPSA) is 29.1 Å². The van der Waals surface area contributed by atoms with Crippen LogP contribution in [-0.2, 0) is 6.42 Å². The Hall–Kier alpha value is -1.13. The zero-order chi connectivity index (χ0) is 12.1. The number of hydrogen-bond acceptors (Lipinski definition) is 2. The third kappa shape index (κ3) is 3.68. The fourth-order valence-corrected chi connectivity index (χ4v) is 2.43. The highest BCUT2D eigenvalue weighted by atomic mass is 79.9. The van der Waals surface area contributed by atoms with Gasteiger partial charge in [0.15, 0.2) is 0 Å². The maximum atomic E-state index is 11.8. The summed E-state index contributed by atoms with van der Waals surface area (Å²) in [6.45, 7) is 0.672. The van der Waals surface area contributed by atoms with Gasteiger partial charge in [-0.05, 0) is 53.1 Å². The molecule has 0 bridgehead atoms. The SMILES string of the molecule is O=C(NCCc1ccsc1)c1ccc(Br)cc1. The van der Waals surface area contributed by atoms with Gasteiger partial charge in [0.2, 0.25) is 0 Å². The Balaban J connectivity index is 1.83. The van der Waals surface area contributed by atoms with Crippen LogP contribution in [0, 0.1) is 0 Å². The average Bonchev–Trinajstić information content (AvgIpc) is 2.83. The molecule has 4 heteroatoms. The van der Waals surface area contributed by atoms with Crippen molar-refractivity contribution in [2.45, 2.75) is 6.42 Å². The quantitative estimate of drug-likeness (QED) is 0.920. The van der Waals surface area contributed by atoms with Crippen molar-refractivity contribution in [1.82, 2.24) is 5.32 Å². The maximum absolute atomic E-state index is 11.8. The first-order valence-corrected chi connectivity index (χ1v) is 7.04. The van der Waals surface area contributed by atoms with Gasteiger partial charge >= 0.3 is 0 Å². The molecule has 0 atom stereocenters. The van der Waals surface area contributed by atoms with Crippen LogP contribution in [0.4, 0.5) is 0 Å². The predicted molar refractivity (Wildman–Crippen MR) is 74.5 cm³/mol. The minimum Gasteiger partial charge on any atom is -0.352 e. The second kappa shape index (κ2) is 5.98. The Labute approximate surface area is 113 Å². The molecule has 2 aromatic rings. The lowest BCUT2D eigenvalue weighted by Crippen LogP contribution is -2.25. The van der Waals surface area contributed by atoms with E-state index in [1.54, 1.807) is 11.3 Å². The Morgan fingerprint density at radius 2 is 2.00 bits per heavy atom. The molecule has 0 spiro atoms. The lowest BCUT2D eigenvalue weighted by Gasteiger charge is -2.04. The van der Waals surface area contributed by atoms with Gasteiger partial charge in [0.05, 0.1) is 0 Å². The summed E-state index contributed by atoms with van der Waals surface area (Å²) in [6, 6.07) is 9.44. The van der Waals surface area contributed by atoms with Crippen LogP contribution in [0.1, 0.15) is 15.9 Å². The highest BCUT2D eigenvalue weighted by molar-refractivity contribution is 9.10. The smallest absolute Gasteiger partial charge is 0.251 e. The van der Waals surface area contributed by atoms with E-state index in [1.807, 2.05) is 29.6 Å². The van der Waals surface area contributed by atoms with E-state index in [1.165, 1.54) is 5.56 Å². The zero-order valence-corrected chi connectivity index (χ0v) is 11.6. The molecule has 0 saturated carbocycles. The Morgan fingerprint density at radius 3 is 2.65 bits per heavy atom. The second-order valence-electron chi connectivity index (χ2n) is 3.64. The molecule has 1 aromatic carbocycles. The van der Waals surface area contributed by atoms with E-state index in [4.69, 9.17) is 0 Å². The molecule has 1 amide bonds. The zero-order valence-electron chi connectivity index (χ0n) is 9.15. The van der Waals surface area contributed by atoms with Gasteiger partial charge in [0, 0.05) is 16.6 Å². The van der Waals surface area contributed by atoms with Gasteiger partial charge in [-0.15, -0.1) is 0 Å². The fourth-order valence-electron chi connectivity index (χ4n) is 1.46. The lowest BCUT2D eigenvalue weighted by atomic mass is 10.2. The molecule has 0 aliphatic rings. The molecule has 2 nitrogen and oxygen atoms in total. The first-order valence-electron chi connectivity index (χ1n) is 5.30. The number of carbonyl (C=O) groups is 1. The van der Waals surface area contributed by atoms with Crippen molar-refractivity contribution < 1.29 is 4.79 Å². The van der Waals surface area contributed by atoms with Crippen molar-refractivity contribution in [3.05, 3.63) is 56.7 Å². The van der Waals surface area contributed by atoms with Crippen molar-refractivity contribution in [2.75, 3.05) is 6.54 Å². The maximum Gasteiger partial charge on any atom is 0.251 e. The largest absolute Gasteiger partial charge is 0.352 e. The Bertz CT molecular complexity index is 479. The van der Waals surface area contributed by atoms with Crippen molar-refractivity contribution in [3.8, 4) is 0 Å². The third-order valence-electron chi connectivity index (χ3n) is 2.39. The minimum absolute atomic E-state index is 0.0206. The number of benzene rings is 1. The molecule has 1 N–H and O–H groups in total. The summed E-state index contributed by atoms with van der Waals surface area (Å²) in [7, 11) is 0. The van der Waals surface area contributed by atoms with E-state index >= 15 is 0 Å². The van der Waals surface area contributed by atoms with Crippen molar-refractivity contribution in [3.63, 3.8) is 0 Å². The van der Waals surface area contributed by atoms with Crippen LogP contribution in [0.5, 0.6) is 0 Å². The molecule has 1 aromatic heterocycles. The van der Waals surface area contributed by atoms with E-state index < -0.39 is 0 Å². The molecule has 0 radical (unpaired) electrons. The van der Waals surface area contributed by atoms with Gasteiger partial charge < -0.3 is 5.32 Å². The first kappa shape index (κ1) is 12.3. The van der Waals surface area contributed by atoms with Crippen LogP contribution < -0.4 is 5.32 Å². The lowest BCUT2D eigenvalue weighted by molar-refractivity contribution is 0.0954. The average molecular weight is 310 g/mol. The predicted octanol–water partition coefficient (Wildman–Crippen LogP) is 3.48. The van der Waals surface area contributed by atoms with Gasteiger partial charge in [-0.3, -0.25) is 4.79 Å². The van der Waals surface area contributed by atoms with Gasteiger partial charge in [-0.25, -0.2) is 0 Å². The fraction of sp³-hybridized carbons (Fsp3) is 0.154. The number of amides is 1. The summed E-state index contributed by atoms with van der Waals surface area (Å²) in [5.41, 5.74) is 1.96. The third-order valence-corrected chi connectivity index (χ3v) is 3.65. The number of halogens is 1. The number of nitrogens with one attached hydrogen (secondary N) is 1. The highest BCUT2D eigenvalue weighted by Gasteiger charge is 2.04. The minimum atomic E-state index is -0.0206. The van der Waals surface area contributed by atoms with Gasteiger partial charge in [0.1, 0.15) is 0 Å². The van der Waals surface area contributed by atoms with Crippen molar-refractivity contribution >= 4 is 33.2 Å². The van der Waals surface area contributed by atoms with Crippen molar-refractivity contribution in [1.29, 1.82) is 0 Å². The van der Waals surface area contributed by atoms with Gasteiger partial charge in [0.25, 0.3) is 5.91 Å². The van der Waals surface area contributed by atoms with Gasteiger partial charge in [-0.1, -0.05) is 15.9 Å². The number of carbonyl (C=O) groups excluding carboxylic acids is 1. The molecule has 1 heterocycles. The first-order chi connectivity index (χ1) is 8.25. The molecule has 0 aliphatic carbocycles. The highest BCUT2D eigenvalue weighted by Crippen LogP contribution is 2.10. The van der Waals surface area contributed by atoms with Crippen LogP contribution in [0.3, 0.4) is 0 Å². The molecule has 88 valence electrons. The molecule has 0 aliphatic heterocycles. The molecule has 0 saturated heterocycles. The van der Waals surface area contributed by atoms with E-state index in [9.17, 15) is 4.79 Å². The molecule has 0 fully saturated rings. The summed E-state index contributed by atoms with van der Waals surface area (Å²) in [5, 5.41) is 7.06. The van der Waals surface area contributed by atoms with E-state index in [0.29, 0.717) is 12.1 Å².